The maximum Gasteiger partial charge on any atom is 0.172 e. The van der Waals surface area contributed by atoms with Crippen LogP contribution in [0.25, 0.3) is 17.0 Å². The van der Waals surface area contributed by atoms with Crippen LogP contribution in [0.3, 0.4) is 0 Å². The lowest BCUT2D eigenvalue weighted by molar-refractivity contribution is 0.424. The second kappa shape index (κ2) is 6.60. The fourth-order valence-corrected chi connectivity index (χ4v) is 4.69. The van der Waals surface area contributed by atoms with Gasteiger partial charge in [0.15, 0.2) is 11.4 Å². The Morgan fingerprint density at radius 3 is 2.87 bits per heavy atom. The molecule has 6 nitrogen and oxygen atoms in total. The van der Waals surface area contributed by atoms with E-state index >= 15 is 0 Å². The summed E-state index contributed by atoms with van der Waals surface area (Å²) < 4.78 is 35.9. The summed E-state index contributed by atoms with van der Waals surface area (Å²) in [7, 11) is 0. The van der Waals surface area contributed by atoms with Crippen molar-refractivity contribution in [3.63, 3.8) is 0 Å². The van der Waals surface area contributed by atoms with Crippen LogP contribution >= 0.6 is 0 Å². The first kappa shape index (κ1) is 18.5. The van der Waals surface area contributed by atoms with E-state index in [1.807, 2.05) is 25.3 Å². The van der Waals surface area contributed by atoms with E-state index in [9.17, 15) is 8.78 Å². The molecule has 8 heteroatoms. The van der Waals surface area contributed by atoms with Crippen molar-refractivity contribution in [2.45, 2.75) is 44.1 Å². The molecule has 158 valence electrons. The Hall–Kier alpha value is -3.29. The van der Waals surface area contributed by atoms with Crippen molar-refractivity contribution in [3.05, 3.63) is 65.6 Å². The van der Waals surface area contributed by atoms with Crippen molar-refractivity contribution in [3.8, 4) is 11.3 Å². The number of hydrogen-bond donors (Lipinski definition) is 0. The third-order valence-corrected chi connectivity index (χ3v) is 6.57. The molecule has 3 aromatic heterocycles. The Balaban J connectivity index is 1.43. The number of fused-ring (bicyclic) bond motifs is 1. The first-order valence-electron chi connectivity index (χ1n) is 10.6. The van der Waals surface area contributed by atoms with Crippen molar-refractivity contribution in [2.24, 2.45) is 0 Å². The number of anilines is 1. The predicted octanol–water partition coefficient (Wildman–Crippen LogP) is 5.06. The van der Waals surface area contributed by atoms with Gasteiger partial charge in [-0.15, -0.1) is 0 Å². The average Bonchev–Trinajstić information content (AvgIpc) is 3.17. The van der Waals surface area contributed by atoms with Crippen molar-refractivity contribution in [1.82, 2.24) is 19.8 Å². The van der Waals surface area contributed by atoms with Crippen LogP contribution in [-0.2, 0) is 5.54 Å². The van der Waals surface area contributed by atoms with Gasteiger partial charge in [-0.2, -0.15) is 5.10 Å². The Morgan fingerprint density at radius 2 is 2.03 bits per heavy atom. The molecule has 0 unspecified atom stereocenters. The molecule has 6 rings (SSSR count). The van der Waals surface area contributed by atoms with Gasteiger partial charge in [0.1, 0.15) is 17.5 Å². The van der Waals surface area contributed by atoms with Crippen LogP contribution in [-0.4, -0.2) is 26.3 Å². The summed E-state index contributed by atoms with van der Waals surface area (Å²) in [6, 6.07) is 7.47. The SMILES string of the molecule is C[C@]1(c2cc(F)ccc2F)CCCN1c1ccn2ncc(-c3cc(C4CC4)no3)c2n1. The van der Waals surface area contributed by atoms with Gasteiger partial charge in [0.2, 0.25) is 0 Å². The highest BCUT2D eigenvalue weighted by Gasteiger charge is 2.41. The first-order chi connectivity index (χ1) is 15.0. The van der Waals surface area contributed by atoms with E-state index in [-0.39, 0.29) is 0 Å². The van der Waals surface area contributed by atoms with Crippen molar-refractivity contribution >= 4 is 11.5 Å². The van der Waals surface area contributed by atoms with E-state index in [0.717, 1.165) is 36.6 Å². The van der Waals surface area contributed by atoms with Crippen molar-refractivity contribution in [1.29, 1.82) is 0 Å². The van der Waals surface area contributed by atoms with E-state index in [4.69, 9.17) is 9.51 Å². The molecule has 0 N–H and O–H groups in total. The molecule has 2 fully saturated rings. The van der Waals surface area contributed by atoms with E-state index in [1.165, 1.54) is 12.1 Å². The quantitative estimate of drug-likeness (QED) is 0.461. The molecule has 2 aliphatic rings. The summed E-state index contributed by atoms with van der Waals surface area (Å²) in [5, 5.41) is 8.59. The molecule has 1 aliphatic carbocycles. The lowest BCUT2D eigenvalue weighted by Crippen LogP contribution is -2.40. The van der Waals surface area contributed by atoms with Crippen LogP contribution in [0.5, 0.6) is 0 Å². The molecule has 4 heterocycles. The third-order valence-electron chi connectivity index (χ3n) is 6.57. The largest absolute Gasteiger partial charge is 0.356 e. The van der Waals surface area contributed by atoms with Crippen molar-refractivity contribution < 1.29 is 13.3 Å². The molecule has 0 bridgehead atoms. The summed E-state index contributed by atoms with van der Waals surface area (Å²) in [6.45, 7) is 2.65. The summed E-state index contributed by atoms with van der Waals surface area (Å²) in [5.74, 6) is 0.981. The Labute approximate surface area is 177 Å². The fraction of sp³-hybridized carbons (Fsp3) is 0.348. The molecule has 1 aromatic carbocycles. The Morgan fingerprint density at radius 1 is 1.16 bits per heavy atom. The van der Waals surface area contributed by atoms with Gasteiger partial charge < -0.3 is 9.42 Å². The number of benzene rings is 1. The van der Waals surface area contributed by atoms with Gasteiger partial charge in [0.25, 0.3) is 0 Å². The fourth-order valence-electron chi connectivity index (χ4n) is 4.69. The van der Waals surface area contributed by atoms with E-state index in [2.05, 4.69) is 15.2 Å². The number of halogens is 2. The van der Waals surface area contributed by atoms with Gasteiger partial charge in [0, 0.05) is 30.3 Å². The molecule has 0 radical (unpaired) electrons. The van der Waals surface area contributed by atoms with Crippen LogP contribution in [0.15, 0.2) is 47.2 Å². The van der Waals surface area contributed by atoms with Gasteiger partial charge in [-0.05, 0) is 56.9 Å². The highest BCUT2D eigenvalue weighted by molar-refractivity contribution is 5.74. The summed E-state index contributed by atoms with van der Waals surface area (Å²) >= 11 is 0. The first-order valence-corrected chi connectivity index (χ1v) is 10.6. The van der Waals surface area contributed by atoms with Gasteiger partial charge in [-0.25, -0.2) is 18.3 Å². The number of nitrogens with zero attached hydrogens (tertiary/aromatic N) is 5. The van der Waals surface area contributed by atoms with Gasteiger partial charge >= 0.3 is 0 Å². The summed E-state index contributed by atoms with van der Waals surface area (Å²) in [5.41, 5.74) is 2.04. The van der Waals surface area contributed by atoms with Gasteiger partial charge in [0.05, 0.1) is 23.0 Å². The highest BCUT2D eigenvalue weighted by Crippen LogP contribution is 2.43. The second-order valence-electron chi connectivity index (χ2n) is 8.66. The standard InChI is InChI=1S/C23H21F2N5O/c1-23(17-11-15(24)5-6-18(17)25)8-2-9-29(23)21-7-10-30-22(27-21)16(13-26-30)20-12-19(28-31-20)14-3-4-14/h5-7,10-14H,2-4,8-9H2,1H3/t23-/m1/s1. The maximum atomic E-state index is 14.7. The molecule has 0 spiro atoms. The molecule has 1 saturated heterocycles. The molecular formula is C23H21F2N5O. The minimum atomic E-state index is -0.691. The molecule has 1 saturated carbocycles. The normalized spacial score (nSPS) is 21.3. The molecule has 0 amide bonds. The topological polar surface area (TPSA) is 59.5 Å². The summed E-state index contributed by atoms with van der Waals surface area (Å²) in [6.07, 6.45) is 7.41. The van der Waals surface area contributed by atoms with E-state index in [0.29, 0.717) is 41.7 Å². The van der Waals surface area contributed by atoms with Crippen LogP contribution in [0.4, 0.5) is 14.6 Å². The monoisotopic (exact) mass is 421 g/mol. The number of rotatable bonds is 4. The minimum Gasteiger partial charge on any atom is -0.356 e. The molecular weight excluding hydrogens is 400 g/mol. The summed E-state index contributed by atoms with van der Waals surface area (Å²) in [4.78, 5) is 6.91. The maximum absolute atomic E-state index is 14.7. The Kier molecular flexibility index (Phi) is 3.94. The van der Waals surface area contributed by atoms with Crippen molar-refractivity contribution in [2.75, 3.05) is 11.4 Å². The van der Waals surface area contributed by atoms with Gasteiger partial charge in [-0.1, -0.05) is 5.16 Å². The number of aromatic nitrogens is 4. The zero-order valence-electron chi connectivity index (χ0n) is 17.1. The van der Waals surface area contributed by atoms with Gasteiger partial charge in [-0.3, -0.25) is 0 Å². The smallest absolute Gasteiger partial charge is 0.172 e. The predicted molar refractivity (Wildman–Crippen MR) is 111 cm³/mol. The molecule has 4 aromatic rings. The van der Waals surface area contributed by atoms with Crippen LogP contribution < -0.4 is 4.90 Å². The zero-order valence-corrected chi connectivity index (χ0v) is 17.1. The molecule has 1 atom stereocenters. The highest BCUT2D eigenvalue weighted by atomic mass is 19.1. The van der Waals surface area contributed by atoms with Crippen LogP contribution in [0.2, 0.25) is 0 Å². The lowest BCUT2D eigenvalue weighted by Gasteiger charge is -2.37. The van der Waals surface area contributed by atoms with E-state index < -0.39 is 17.2 Å². The molecule has 1 aliphatic heterocycles. The van der Waals surface area contributed by atoms with E-state index in [1.54, 1.807) is 10.7 Å². The zero-order chi connectivity index (χ0) is 21.2. The Bertz CT molecular complexity index is 1290. The van der Waals surface area contributed by atoms with Crippen LogP contribution in [0, 0.1) is 11.6 Å². The molecule has 31 heavy (non-hydrogen) atoms. The lowest BCUT2D eigenvalue weighted by atomic mass is 9.88. The third kappa shape index (κ3) is 2.92. The number of hydrogen-bond acceptors (Lipinski definition) is 5. The minimum absolute atomic E-state index is 0.352. The van der Waals surface area contributed by atoms with Crippen LogP contribution in [0.1, 0.15) is 49.8 Å². The second-order valence-corrected chi connectivity index (χ2v) is 8.66. The average molecular weight is 421 g/mol.